The van der Waals surface area contributed by atoms with Crippen molar-refractivity contribution >= 4 is 5.97 Å². The number of nitrogens with zero attached hydrogens (tertiary/aromatic N) is 1. The van der Waals surface area contributed by atoms with E-state index in [1.165, 1.54) is 103 Å². The average molecular weight is 653 g/mol. The third-order valence-corrected chi connectivity index (χ3v) is 8.91. The Bertz CT molecular complexity index is 1140. The van der Waals surface area contributed by atoms with E-state index in [1.807, 2.05) is 18.2 Å². The number of ether oxygens (including phenoxy) is 4. The Morgan fingerprint density at radius 3 is 1.68 bits per heavy atom. The summed E-state index contributed by atoms with van der Waals surface area (Å²) in [4.78, 5) is 13.0. The van der Waals surface area contributed by atoms with Gasteiger partial charge in [-0.1, -0.05) is 135 Å². The topological polar surface area (TPSA) is 104 Å². The second-order valence-electron chi connectivity index (χ2n) is 12.9. The van der Waals surface area contributed by atoms with Crippen molar-refractivity contribution in [1.29, 1.82) is 5.26 Å². The highest BCUT2D eigenvalue weighted by Gasteiger charge is 2.36. The third-order valence-electron chi connectivity index (χ3n) is 8.91. The van der Waals surface area contributed by atoms with Gasteiger partial charge in [0.2, 0.25) is 5.88 Å². The van der Waals surface area contributed by atoms with Gasteiger partial charge < -0.3 is 24.7 Å². The van der Waals surface area contributed by atoms with Crippen molar-refractivity contribution in [2.75, 3.05) is 19.8 Å². The number of nitriles is 1. The van der Waals surface area contributed by atoms with E-state index in [4.69, 9.17) is 24.7 Å². The lowest BCUT2D eigenvalue weighted by molar-refractivity contribution is -0.139. The molecule has 0 saturated carbocycles. The van der Waals surface area contributed by atoms with Crippen LogP contribution in [0.2, 0.25) is 0 Å². The Morgan fingerprint density at radius 1 is 0.745 bits per heavy atom. The van der Waals surface area contributed by atoms with Crippen LogP contribution in [0, 0.1) is 11.3 Å². The standard InChI is InChI=1S/C40H64N2O5/c1-5-8-10-12-14-16-18-20-22-24-28-45-35-27-26-33(30-36(35)46-29-25-23-21-19-17-15-13-11-9-6-2)38-34(31-41)39(42)47-32(4)37(38)40(43)44-7-3/h26-27,30,38H,5-25,28-29,42H2,1-4H3. The van der Waals surface area contributed by atoms with Gasteiger partial charge in [-0.25, -0.2) is 4.79 Å². The number of carbonyl (C=O) groups excluding carboxylic acids is 1. The van der Waals surface area contributed by atoms with Gasteiger partial charge in [-0.15, -0.1) is 0 Å². The Morgan fingerprint density at radius 2 is 1.21 bits per heavy atom. The first-order valence-corrected chi connectivity index (χ1v) is 18.8. The molecule has 0 amide bonds. The molecule has 0 radical (unpaired) electrons. The molecule has 7 heteroatoms. The van der Waals surface area contributed by atoms with Crippen LogP contribution in [0.3, 0.4) is 0 Å². The lowest BCUT2D eigenvalue weighted by atomic mass is 9.83. The van der Waals surface area contributed by atoms with Crippen molar-refractivity contribution < 1.29 is 23.7 Å². The Kier molecular flexibility index (Phi) is 21.3. The first-order chi connectivity index (χ1) is 23.0. The van der Waals surface area contributed by atoms with Gasteiger partial charge in [0.1, 0.15) is 17.4 Å². The Labute approximate surface area is 286 Å². The molecule has 1 unspecified atom stereocenters. The Hall–Kier alpha value is -3.14. The highest BCUT2D eigenvalue weighted by molar-refractivity contribution is 5.92. The first kappa shape index (κ1) is 40.0. The summed E-state index contributed by atoms with van der Waals surface area (Å²) in [5.41, 5.74) is 7.30. The summed E-state index contributed by atoms with van der Waals surface area (Å²) in [7, 11) is 0. The van der Waals surface area contributed by atoms with Gasteiger partial charge in [-0.2, -0.15) is 5.26 Å². The number of unbranched alkanes of at least 4 members (excludes halogenated alkanes) is 18. The summed E-state index contributed by atoms with van der Waals surface area (Å²) in [5.74, 6) is 0.385. The molecule has 47 heavy (non-hydrogen) atoms. The summed E-state index contributed by atoms with van der Waals surface area (Å²) in [6, 6.07) is 7.82. The maximum Gasteiger partial charge on any atom is 0.338 e. The van der Waals surface area contributed by atoms with Crippen molar-refractivity contribution in [2.45, 2.75) is 162 Å². The summed E-state index contributed by atoms with van der Waals surface area (Å²) in [5, 5.41) is 10.0. The number of allylic oxidation sites excluding steroid dienone is 2. The number of nitrogens with two attached hydrogens (primary N) is 1. The van der Waals surface area contributed by atoms with Crippen LogP contribution in [-0.2, 0) is 14.3 Å². The molecule has 0 aliphatic carbocycles. The largest absolute Gasteiger partial charge is 0.490 e. The van der Waals surface area contributed by atoms with Crippen molar-refractivity contribution in [3.63, 3.8) is 0 Å². The van der Waals surface area contributed by atoms with E-state index >= 15 is 0 Å². The molecule has 0 saturated heterocycles. The second kappa shape index (κ2) is 25.0. The van der Waals surface area contributed by atoms with Crippen LogP contribution in [0.1, 0.15) is 168 Å². The lowest BCUT2D eigenvalue weighted by Crippen LogP contribution is -2.25. The molecule has 264 valence electrons. The number of hydrogen-bond acceptors (Lipinski definition) is 7. The molecule has 0 aromatic heterocycles. The van der Waals surface area contributed by atoms with Gasteiger partial charge in [-0.05, 0) is 44.4 Å². The van der Waals surface area contributed by atoms with Crippen LogP contribution < -0.4 is 15.2 Å². The molecule has 1 aromatic rings. The lowest BCUT2D eigenvalue weighted by Gasteiger charge is -2.27. The molecular formula is C40H64N2O5. The van der Waals surface area contributed by atoms with Crippen molar-refractivity contribution in [2.24, 2.45) is 5.73 Å². The molecule has 1 aromatic carbocycles. The minimum atomic E-state index is -0.719. The fraction of sp³-hybridized carbons (Fsp3) is 0.700. The van der Waals surface area contributed by atoms with Crippen LogP contribution in [0.25, 0.3) is 0 Å². The normalized spacial score (nSPS) is 14.6. The molecular weight excluding hydrogens is 588 g/mol. The zero-order chi connectivity index (χ0) is 34.1. The van der Waals surface area contributed by atoms with E-state index in [9.17, 15) is 10.1 Å². The highest BCUT2D eigenvalue weighted by Crippen LogP contribution is 2.42. The summed E-state index contributed by atoms with van der Waals surface area (Å²) < 4.78 is 23.5. The molecule has 2 rings (SSSR count). The van der Waals surface area contributed by atoms with Gasteiger partial charge in [0.15, 0.2) is 11.5 Å². The number of benzene rings is 1. The maximum absolute atomic E-state index is 13.0. The van der Waals surface area contributed by atoms with Crippen LogP contribution >= 0.6 is 0 Å². The average Bonchev–Trinajstić information content (AvgIpc) is 3.06. The molecule has 1 atom stereocenters. The Balaban J connectivity index is 2.05. The van der Waals surface area contributed by atoms with Crippen molar-refractivity contribution in [3.8, 4) is 17.6 Å². The van der Waals surface area contributed by atoms with Crippen molar-refractivity contribution in [1.82, 2.24) is 0 Å². The molecule has 1 heterocycles. The molecule has 1 aliphatic rings. The molecule has 0 spiro atoms. The number of rotatable bonds is 27. The van der Waals surface area contributed by atoms with Gasteiger partial charge >= 0.3 is 5.97 Å². The minimum Gasteiger partial charge on any atom is -0.490 e. The quantitative estimate of drug-likeness (QED) is 0.0745. The zero-order valence-corrected chi connectivity index (χ0v) is 30.1. The summed E-state index contributed by atoms with van der Waals surface area (Å²) in [6.07, 6.45) is 25.2. The predicted molar refractivity (Wildman–Crippen MR) is 191 cm³/mol. The van der Waals surface area contributed by atoms with Crippen LogP contribution in [0.4, 0.5) is 0 Å². The zero-order valence-electron chi connectivity index (χ0n) is 30.1. The fourth-order valence-electron chi connectivity index (χ4n) is 6.17. The second-order valence-corrected chi connectivity index (χ2v) is 12.9. The van der Waals surface area contributed by atoms with E-state index in [-0.39, 0.29) is 23.6 Å². The van der Waals surface area contributed by atoms with E-state index in [2.05, 4.69) is 19.9 Å². The van der Waals surface area contributed by atoms with Crippen LogP contribution in [0.5, 0.6) is 11.5 Å². The smallest absolute Gasteiger partial charge is 0.338 e. The van der Waals surface area contributed by atoms with Gasteiger partial charge in [0, 0.05) is 0 Å². The first-order valence-electron chi connectivity index (χ1n) is 18.8. The van der Waals surface area contributed by atoms with Gasteiger partial charge in [0.25, 0.3) is 0 Å². The summed E-state index contributed by atoms with van der Waals surface area (Å²) >= 11 is 0. The van der Waals surface area contributed by atoms with E-state index in [1.54, 1.807) is 13.8 Å². The number of carbonyl (C=O) groups is 1. The van der Waals surface area contributed by atoms with Crippen LogP contribution in [-0.4, -0.2) is 25.8 Å². The van der Waals surface area contributed by atoms with E-state index in [0.29, 0.717) is 36.0 Å². The van der Waals surface area contributed by atoms with Gasteiger partial charge in [-0.3, -0.25) is 0 Å². The monoisotopic (exact) mass is 652 g/mol. The highest BCUT2D eigenvalue weighted by atomic mass is 16.5. The van der Waals surface area contributed by atoms with E-state index in [0.717, 1.165) is 25.7 Å². The SMILES string of the molecule is CCCCCCCCCCCCOc1ccc(C2C(C#N)=C(N)OC(C)=C2C(=O)OCC)cc1OCCCCCCCCCCCC. The minimum absolute atomic E-state index is 0.00262. The molecule has 1 aliphatic heterocycles. The number of esters is 1. The maximum atomic E-state index is 13.0. The molecule has 2 N–H and O–H groups in total. The van der Waals surface area contributed by atoms with Crippen LogP contribution in [0.15, 0.2) is 41.0 Å². The fourth-order valence-corrected chi connectivity index (χ4v) is 6.17. The van der Waals surface area contributed by atoms with Crippen molar-refractivity contribution in [3.05, 3.63) is 46.6 Å². The third kappa shape index (κ3) is 15.1. The molecule has 0 bridgehead atoms. The summed E-state index contributed by atoms with van der Waals surface area (Å²) in [6.45, 7) is 9.34. The van der Waals surface area contributed by atoms with Gasteiger partial charge in [0.05, 0.1) is 31.3 Å². The molecule has 0 fully saturated rings. The van der Waals surface area contributed by atoms with E-state index < -0.39 is 11.9 Å². The predicted octanol–water partition coefficient (Wildman–Crippen LogP) is 10.9. The molecule has 7 nitrogen and oxygen atoms in total. The number of hydrogen-bond donors (Lipinski definition) is 1.